The molecule has 0 rings (SSSR count). The smallest absolute Gasteiger partial charge is 0.101 e. The van der Waals surface area contributed by atoms with Crippen molar-refractivity contribution in [1.82, 2.24) is 0 Å². The molecule has 0 bridgehead atoms. The van der Waals surface area contributed by atoms with Crippen molar-refractivity contribution in [2.75, 3.05) is 11.5 Å². The maximum atomic E-state index is 6.80. The molecule has 0 aliphatic carbocycles. The van der Waals surface area contributed by atoms with E-state index in [9.17, 15) is 0 Å². The first-order chi connectivity index (χ1) is 3.77. The van der Waals surface area contributed by atoms with Crippen molar-refractivity contribution in [2.24, 2.45) is 5.73 Å². The molecule has 0 spiro atoms. The van der Waals surface area contributed by atoms with E-state index in [0.717, 1.165) is 5.75 Å². The van der Waals surface area contributed by atoms with Crippen LogP contribution in [0, 0.1) is 5.41 Å². The molecule has 0 saturated heterocycles. The number of hydrogen-bond donors (Lipinski definition) is 2. The van der Waals surface area contributed by atoms with Crippen molar-refractivity contribution < 1.29 is 0 Å². The summed E-state index contributed by atoms with van der Waals surface area (Å²) >= 11 is 1.59. The summed E-state index contributed by atoms with van der Waals surface area (Å²) in [4.78, 5) is 0. The topological polar surface area (TPSA) is 49.9 Å². The van der Waals surface area contributed by atoms with Gasteiger partial charge in [0, 0.05) is 5.75 Å². The second kappa shape index (κ2) is 4.71. The van der Waals surface area contributed by atoms with Gasteiger partial charge in [-0.3, -0.25) is 5.41 Å². The van der Waals surface area contributed by atoms with E-state index in [2.05, 4.69) is 6.58 Å². The van der Waals surface area contributed by atoms with Crippen LogP contribution in [0.3, 0.4) is 0 Å². The molecule has 0 atom stereocenters. The molecule has 3 N–H and O–H groups in total. The summed E-state index contributed by atoms with van der Waals surface area (Å²) in [7, 11) is 0. The first-order valence-corrected chi connectivity index (χ1v) is 3.44. The summed E-state index contributed by atoms with van der Waals surface area (Å²) in [6, 6.07) is 0. The third-order valence-electron chi connectivity index (χ3n) is 0.493. The van der Waals surface area contributed by atoms with Gasteiger partial charge in [-0.05, 0) is 0 Å². The first kappa shape index (κ1) is 7.56. The van der Waals surface area contributed by atoms with Crippen LogP contribution in [0.25, 0.3) is 0 Å². The molecule has 0 heterocycles. The first-order valence-electron chi connectivity index (χ1n) is 2.29. The van der Waals surface area contributed by atoms with Crippen LogP contribution < -0.4 is 5.73 Å². The predicted octanol–water partition coefficient (Wildman–Crippen LogP) is 0.842. The van der Waals surface area contributed by atoms with Gasteiger partial charge >= 0.3 is 0 Å². The molecule has 0 aromatic carbocycles. The molecule has 8 heavy (non-hydrogen) atoms. The van der Waals surface area contributed by atoms with Gasteiger partial charge < -0.3 is 5.73 Å². The molecule has 0 aromatic rings. The van der Waals surface area contributed by atoms with E-state index >= 15 is 0 Å². The molecule has 0 fully saturated rings. The zero-order valence-corrected chi connectivity index (χ0v) is 5.50. The van der Waals surface area contributed by atoms with Crippen LogP contribution in [-0.2, 0) is 0 Å². The largest absolute Gasteiger partial charge is 0.387 e. The van der Waals surface area contributed by atoms with Crippen molar-refractivity contribution >= 4 is 17.6 Å². The lowest BCUT2D eigenvalue weighted by molar-refractivity contribution is 1.43. The van der Waals surface area contributed by atoms with E-state index in [4.69, 9.17) is 11.1 Å². The lowest BCUT2D eigenvalue weighted by atomic mass is 10.7. The van der Waals surface area contributed by atoms with Gasteiger partial charge in [0.25, 0.3) is 0 Å². The SMILES string of the molecule is C=CCSCC(=N)N. The Morgan fingerprint density at radius 3 is 2.88 bits per heavy atom. The second-order valence-corrected chi connectivity index (χ2v) is 2.36. The third-order valence-corrected chi connectivity index (χ3v) is 1.48. The highest BCUT2D eigenvalue weighted by Crippen LogP contribution is 1.96. The Kier molecular flexibility index (Phi) is 4.45. The van der Waals surface area contributed by atoms with Crippen molar-refractivity contribution in [2.45, 2.75) is 0 Å². The van der Waals surface area contributed by atoms with Crippen LogP contribution in [-0.4, -0.2) is 17.3 Å². The van der Waals surface area contributed by atoms with Gasteiger partial charge in [-0.1, -0.05) is 6.08 Å². The second-order valence-electron chi connectivity index (χ2n) is 1.33. The molecule has 0 amide bonds. The lowest BCUT2D eigenvalue weighted by Gasteiger charge is -1.91. The average molecular weight is 130 g/mol. The highest BCUT2D eigenvalue weighted by atomic mass is 32.2. The van der Waals surface area contributed by atoms with Gasteiger partial charge in [0.2, 0.25) is 0 Å². The van der Waals surface area contributed by atoms with Crippen molar-refractivity contribution in [3.63, 3.8) is 0 Å². The number of nitrogens with two attached hydrogens (primary N) is 1. The minimum absolute atomic E-state index is 0.233. The van der Waals surface area contributed by atoms with Crippen molar-refractivity contribution in [3.05, 3.63) is 12.7 Å². The van der Waals surface area contributed by atoms with Gasteiger partial charge in [0.05, 0.1) is 5.75 Å². The van der Waals surface area contributed by atoms with Crippen molar-refractivity contribution in [3.8, 4) is 0 Å². The fourth-order valence-corrected chi connectivity index (χ4v) is 0.757. The Morgan fingerprint density at radius 2 is 2.50 bits per heavy atom. The Hall–Kier alpha value is -0.440. The van der Waals surface area contributed by atoms with Gasteiger partial charge in [-0.15, -0.1) is 18.3 Å². The lowest BCUT2D eigenvalue weighted by Crippen LogP contribution is -2.12. The normalized spacial score (nSPS) is 8.50. The van der Waals surface area contributed by atoms with E-state index in [1.165, 1.54) is 0 Å². The summed E-state index contributed by atoms with van der Waals surface area (Å²) in [6.45, 7) is 3.53. The number of thioether (sulfide) groups is 1. The van der Waals surface area contributed by atoms with Gasteiger partial charge in [0.15, 0.2) is 0 Å². The van der Waals surface area contributed by atoms with E-state index in [0.29, 0.717) is 5.75 Å². The van der Waals surface area contributed by atoms with Crippen LogP contribution in [0.1, 0.15) is 0 Å². The van der Waals surface area contributed by atoms with E-state index < -0.39 is 0 Å². The third kappa shape index (κ3) is 5.56. The van der Waals surface area contributed by atoms with Gasteiger partial charge in [-0.2, -0.15) is 0 Å². The van der Waals surface area contributed by atoms with Crippen LogP contribution in [0.15, 0.2) is 12.7 Å². The molecular formula is C5H10N2S. The fourth-order valence-electron chi connectivity index (χ4n) is 0.252. The Morgan fingerprint density at radius 1 is 1.88 bits per heavy atom. The molecule has 0 saturated carbocycles. The summed E-state index contributed by atoms with van der Waals surface area (Å²) < 4.78 is 0. The molecule has 46 valence electrons. The number of amidine groups is 1. The van der Waals surface area contributed by atoms with Crippen LogP contribution in [0.4, 0.5) is 0 Å². The summed E-state index contributed by atoms with van der Waals surface area (Å²) in [5, 5.41) is 6.80. The molecule has 0 radical (unpaired) electrons. The van der Waals surface area contributed by atoms with E-state index in [1.54, 1.807) is 17.8 Å². The number of hydrogen-bond acceptors (Lipinski definition) is 2. The van der Waals surface area contributed by atoms with Crippen LogP contribution in [0.5, 0.6) is 0 Å². The Bertz CT molecular complexity index is 90.4. The quantitative estimate of drug-likeness (QED) is 0.256. The summed E-state index contributed by atoms with van der Waals surface area (Å²) in [5.74, 6) is 1.72. The van der Waals surface area contributed by atoms with E-state index in [-0.39, 0.29) is 5.84 Å². The fraction of sp³-hybridized carbons (Fsp3) is 0.400. The zero-order chi connectivity index (χ0) is 6.41. The standard InChI is InChI=1S/C5H10N2S/c1-2-3-8-4-5(6)7/h2H,1,3-4H2,(H3,6,7). The molecule has 0 aliphatic rings. The average Bonchev–Trinajstić information content (AvgIpc) is 1.66. The molecule has 0 unspecified atom stereocenters. The maximum Gasteiger partial charge on any atom is 0.101 e. The molecule has 0 aromatic heterocycles. The zero-order valence-electron chi connectivity index (χ0n) is 4.68. The van der Waals surface area contributed by atoms with Crippen molar-refractivity contribution in [1.29, 1.82) is 5.41 Å². The van der Waals surface area contributed by atoms with Gasteiger partial charge in [-0.25, -0.2) is 0 Å². The minimum Gasteiger partial charge on any atom is -0.387 e. The van der Waals surface area contributed by atoms with Crippen LogP contribution in [0.2, 0.25) is 0 Å². The number of rotatable bonds is 4. The highest BCUT2D eigenvalue weighted by Gasteiger charge is 1.85. The molecule has 2 nitrogen and oxygen atoms in total. The minimum atomic E-state index is 0.233. The highest BCUT2D eigenvalue weighted by molar-refractivity contribution is 8.00. The molecule has 3 heteroatoms. The van der Waals surface area contributed by atoms with E-state index in [1.807, 2.05) is 0 Å². The summed E-state index contributed by atoms with van der Waals surface area (Å²) in [6.07, 6.45) is 1.80. The maximum absolute atomic E-state index is 6.80. The number of nitrogens with one attached hydrogen (secondary N) is 1. The predicted molar refractivity (Wildman–Crippen MR) is 39.4 cm³/mol. The monoisotopic (exact) mass is 130 g/mol. The molecular weight excluding hydrogens is 120 g/mol. The Balaban J connectivity index is 2.93. The Labute approximate surface area is 53.7 Å². The van der Waals surface area contributed by atoms with Gasteiger partial charge in [0.1, 0.15) is 5.84 Å². The van der Waals surface area contributed by atoms with Crippen LogP contribution >= 0.6 is 11.8 Å². The summed E-state index contributed by atoms with van der Waals surface area (Å²) in [5.41, 5.74) is 5.06. The molecule has 0 aliphatic heterocycles.